The molecule has 0 aliphatic carbocycles. The summed E-state index contributed by atoms with van der Waals surface area (Å²) in [7, 11) is 0. The summed E-state index contributed by atoms with van der Waals surface area (Å²) in [6.45, 7) is 3.87. The van der Waals surface area contributed by atoms with Crippen molar-refractivity contribution in [1.29, 1.82) is 0 Å². The molecule has 2 aromatic rings. The smallest absolute Gasteiger partial charge is 0.355 e. The summed E-state index contributed by atoms with van der Waals surface area (Å²) in [5, 5.41) is 3.28. The molecule has 1 unspecified atom stereocenters. The fourth-order valence-corrected chi connectivity index (χ4v) is 2.58. The maximum absolute atomic E-state index is 12.5. The zero-order valence-corrected chi connectivity index (χ0v) is 11.3. The number of hydrogen-bond acceptors (Lipinski definition) is 3. The molecule has 0 bridgehead atoms. The van der Waals surface area contributed by atoms with Crippen LogP contribution in [0.3, 0.4) is 0 Å². The van der Waals surface area contributed by atoms with Gasteiger partial charge in [-0.05, 0) is 25.0 Å². The summed E-state index contributed by atoms with van der Waals surface area (Å²) >= 11 is 0.621. The Morgan fingerprint density at radius 2 is 1.95 bits per heavy atom. The lowest BCUT2D eigenvalue weighted by molar-refractivity contribution is -0.134. The quantitative estimate of drug-likeness (QED) is 0.888. The van der Waals surface area contributed by atoms with Gasteiger partial charge in [-0.1, -0.05) is 35.6 Å². The number of hydrogen-bond donors (Lipinski definition) is 1. The van der Waals surface area contributed by atoms with Gasteiger partial charge in [0.15, 0.2) is 5.13 Å². The second-order valence-electron chi connectivity index (χ2n) is 4.25. The van der Waals surface area contributed by atoms with E-state index < -0.39 is 11.1 Å². The van der Waals surface area contributed by atoms with Crippen LogP contribution in [0.1, 0.15) is 29.0 Å². The first kappa shape index (κ1) is 13.9. The first-order valence-electron chi connectivity index (χ1n) is 5.73. The Bertz CT molecular complexity index is 563. The summed E-state index contributed by atoms with van der Waals surface area (Å²) in [6.07, 6.45) is -3.47. The molecule has 1 atom stereocenters. The Morgan fingerprint density at radius 1 is 1.26 bits per heavy atom. The van der Waals surface area contributed by atoms with Crippen LogP contribution in [0.25, 0.3) is 0 Å². The number of nitrogens with one attached hydrogen (secondary N) is 1. The highest BCUT2D eigenvalue weighted by Gasteiger charge is 2.33. The third-order valence-corrected chi connectivity index (χ3v) is 3.75. The Labute approximate surface area is 113 Å². The van der Waals surface area contributed by atoms with Crippen molar-refractivity contribution in [2.24, 2.45) is 0 Å². The van der Waals surface area contributed by atoms with Gasteiger partial charge in [-0.15, -0.1) is 0 Å². The average molecular weight is 286 g/mol. The minimum Gasteiger partial charge on any atom is -0.355 e. The van der Waals surface area contributed by atoms with Crippen molar-refractivity contribution in [3.63, 3.8) is 0 Å². The van der Waals surface area contributed by atoms with Gasteiger partial charge in [-0.25, -0.2) is 4.98 Å². The van der Waals surface area contributed by atoms with E-state index >= 15 is 0 Å². The van der Waals surface area contributed by atoms with Crippen LogP contribution in [0.15, 0.2) is 30.5 Å². The van der Waals surface area contributed by atoms with Crippen molar-refractivity contribution in [3.05, 3.63) is 46.5 Å². The lowest BCUT2D eigenvalue weighted by Crippen LogP contribution is -2.07. The normalized spacial score (nSPS) is 13.3. The first-order valence-corrected chi connectivity index (χ1v) is 6.54. The molecule has 0 fully saturated rings. The molecular formula is C13H13F3N2S. The summed E-state index contributed by atoms with van der Waals surface area (Å²) in [5.74, 6) is 0. The van der Waals surface area contributed by atoms with E-state index in [0.717, 1.165) is 17.3 Å². The third kappa shape index (κ3) is 3.26. The standard InChI is InChI=1S/C13H13F3N2S/c1-8-5-3-4-6-10(8)9(2)18-12-17-7-11(19-12)13(14,15)16/h3-7,9H,1-2H3,(H,17,18). The molecule has 2 rings (SSSR count). The largest absolute Gasteiger partial charge is 0.427 e. The van der Waals surface area contributed by atoms with Gasteiger partial charge in [0, 0.05) is 0 Å². The van der Waals surface area contributed by atoms with Gasteiger partial charge in [0.25, 0.3) is 0 Å². The van der Waals surface area contributed by atoms with Gasteiger partial charge in [0.05, 0.1) is 12.2 Å². The lowest BCUT2D eigenvalue weighted by Gasteiger charge is -2.15. The van der Waals surface area contributed by atoms with Crippen LogP contribution in [0.4, 0.5) is 18.3 Å². The summed E-state index contributed by atoms with van der Waals surface area (Å²) in [5.41, 5.74) is 2.14. The predicted molar refractivity (Wildman–Crippen MR) is 70.3 cm³/mol. The summed E-state index contributed by atoms with van der Waals surface area (Å²) in [4.78, 5) is 3.08. The molecule has 0 spiro atoms. The Kier molecular flexibility index (Phi) is 3.80. The molecule has 0 radical (unpaired) electrons. The van der Waals surface area contributed by atoms with Crippen molar-refractivity contribution in [2.45, 2.75) is 26.1 Å². The van der Waals surface area contributed by atoms with Gasteiger partial charge in [-0.3, -0.25) is 0 Å². The molecule has 6 heteroatoms. The van der Waals surface area contributed by atoms with Crippen LogP contribution in [-0.4, -0.2) is 4.98 Å². The van der Waals surface area contributed by atoms with Gasteiger partial charge in [0.2, 0.25) is 0 Å². The SMILES string of the molecule is Cc1ccccc1C(C)Nc1ncc(C(F)(F)F)s1. The molecule has 1 heterocycles. The number of thiazole rings is 1. The molecule has 0 amide bonds. The molecule has 0 saturated heterocycles. The minimum atomic E-state index is -4.33. The van der Waals surface area contributed by atoms with Crippen LogP contribution >= 0.6 is 11.3 Å². The number of nitrogens with zero attached hydrogens (tertiary/aromatic N) is 1. The highest BCUT2D eigenvalue weighted by molar-refractivity contribution is 7.15. The van der Waals surface area contributed by atoms with Crippen molar-refractivity contribution in [3.8, 4) is 0 Å². The molecule has 0 aliphatic heterocycles. The molecule has 1 aromatic heterocycles. The van der Waals surface area contributed by atoms with Crippen molar-refractivity contribution >= 4 is 16.5 Å². The molecule has 102 valence electrons. The molecular weight excluding hydrogens is 273 g/mol. The van der Waals surface area contributed by atoms with E-state index in [4.69, 9.17) is 0 Å². The van der Waals surface area contributed by atoms with Crippen LogP contribution in [-0.2, 0) is 6.18 Å². The van der Waals surface area contributed by atoms with E-state index in [-0.39, 0.29) is 11.2 Å². The van der Waals surface area contributed by atoms with Crippen LogP contribution in [0.5, 0.6) is 0 Å². The number of anilines is 1. The second-order valence-corrected chi connectivity index (χ2v) is 5.28. The molecule has 1 N–H and O–H groups in total. The average Bonchev–Trinajstić information content (AvgIpc) is 2.77. The van der Waals surface area contributed by atoms with Crippen molar-refractivity contribution in [1.82, 2.24) is 4.98 Å². The summed E-state index contributed by atoms with van der Waals surface area (Å²) in [6, 6.07) is 7.66. The Morgan fingerprint density at radius 3 is 2.53 bits per heavy atom. The monoisotopic (exact) mass is 286 g/mol. The van der Waals surface area contributed by atoms with E-state index in [1.54, 1.807) is 0 Å². The number of aryl methyl sites for hydroxylation is 1. The van der Waals surface area contributed by atoms with Crippen LogP contribution in [0.2, 0.25) is 0 Å². The van der Waals surface area contributed by atoms with Gasteiger partial charge >= 0.3 is 6.18 Å². The predicted octanol–water partition coefficient (Wildman–Crippen LogP) is 4.64. The Balaban J connectivity index is 2.14. The number of aromatic nitrogens is 1. The highest BCUT2D eigenvalue weighted by Crippen LogP contribution is 2.36. The van der Waals surface area contributed by atoms with E-state index in [9.17, 15) is 13.2 Å². The molecule has 0 aliphatic rings. The first-order chi connectivity index (χ1) is 8.88. The van der Waals surface area contributed by atoms with Gasteiger partial charge in [-0.2, -0.15) is 13.2 Å². The van der Waals surface area contributed by atoms with E-state index in [1.165, 1.54) is 0 Å². The number of halogens is 3. The maximum atomic E-state index is 12.5. The third-order valence-electron chi connectivity index (χ3n) is 2.78. The highest BCUT2D eigenvalue weighted by atomic mass is 32.1. The van der Waals surface area contributed by atoms with Gasteiger partial charge in [0.1, 0.15) is 4.88 Å². The molecule has 0 saturated carbocycles. The molecule has 19 heavy (non-hydrogen) atoms. The van der Waals surface area contributed by atoms with E-state index in [1.807, 2.05) is 38.1 Å². The molecule has 2 nitrogen and oxygen atoms in total. The van der Waals surface area contributed by atoms with Crippen molar-refractivity contribution in [2.75, 3.05) is 5.32 Å². The number of rotatable bonds is 3. The zero-order chi connectivity index (χ0) is 14.0. The molecule has 1 aromatic carbocycles. The van der Waals surface area contributed by atoms with Gasteiger partial charge < -0.3 is 5.32 Å². The van der Waals surface area contributed by atoms with E-state index in [2.05, 4.69) is 10.3 Å². The zero-order valence-electron chi connectivity index (χ0n) is 10.5. The Hall–Kier alpha value is -1.56. The number of alkyl halides is 3. The van der Waals surface area contributed by atoms with Crippen LogP contribution in [0, 0.1) is 6.92 Å². The lowest BCUT2D eigenvalue weighted by atomic mass is 10.0. The van der Waals surface area contributed by atoms with Crippen molar-refractivity contribution < 1.29 is 13.2 Å². The topological polar surface area (TPSA) is 24.9 Å². The minimum absolute atomic E-state index is 0.0894. The second kappa shape index (κ2) is 5.21. The fraction of sp³-hybridized carbons (Fsp3) is 0.308. The van der Waals surface area contributed by atoms with E-state index in [0.29, 0.717) is 11.3 Å². The number of benzene rings is 1. The summed E-state index contributed by atoms with van der Waals surface area (Å²) < 4.78 is 37.4. The van der Waals surface area contributed by atoms with Crippen LogP contribution < -0.4 is 5.32 Å². The fourth-order valence-electron chi connectivity index (χ4n) is 1.81. The maximum Gasteiger partial charge on any atom is 0.427 e.